The molecule has 2 rings (SSSR count). The number of carboxylic acids is 1. The molecule has 0 aromatic heterocycles. The van der Waals surface area contributed by atoms with Crippen molar-refractivity contribution in [3.8, 4) is 23.0 Å². The Labute approximate surface area is 140 Å². The molecule has 0 spiro atoms. The van der Waals surface area contributed by atoms with Crippen molar-refractivity contribution in [2.24, 2.45) is 0 Å². The van der Waals surface area contributed by atoms with Gasteiger partial charge in [-0.3, -0.25) is 4.79 Å². The van der Waals surface area contributed by atoms with Gasteiger partial charge in [-0.05, 0) is 41.8 Å². The highest BCUT2D eigenvalue weighted by atomic mass is 16.5. The average Bonchev–Trinajstić information content (AvgIpc) is 2.59. The minimum absolute atomic E-state index is 0.0932. The van der Waals surface area contributed by atoms with Gasteiger partial charge < -0.3 is 24.4 Å². The lowest BCUT2D eigenvalue weighted by atomic mass is 9.91. The molecule has 0 fully saturated rings. The number of carbonyl (C=O) groups is 1. The summed E-state index contributed by atoms with van der Waals surface area (Å²) in [5, 5.41) is 18.9. The second kappa shape index (κ2) is 7.59. The van der Waals surface area contributed by atoms with Crippen LogP contribution in [0.25, 0.3) is 0 Å². The van der Waals surface area contributed by atoms with Crippen LogP contribution in [0.5, 0.6) is 23.0 Å². The van der Waals surface area contributed by atoms with Crippen molar-refractivity contribution < 1.29 is 29.2 Å². The lowest BCUT2D eigenvalue weighted by Crippen LogP contribution is -2.14. The van der Waals surface area contributed by atoms with Crippen LogP contribution < -0.4 is 14.2 Å². The second-order valence-corrected chi connectivity index (χ2v) is 5.22. The molecule has 6 nitrogen and oxygen atoms in total. The summed E-state index contributed by atoms with van der Waals surface area (Å²) in [7, 11) is 4.53. The van der Waals surface area contributed by atoms with Crippen molar-refractivity contribution in [1.82, 2.24) is 0 Å². The van der Waals surface area contributed by atoms with Gasteiger partial charge in [0.05, 0.1) is 27.2 Å². The van der Waals surface area contributed by atoms with Crippen molar-refractivity contribution >= 4 is 5.97 Å². The third-order valence-corrected chi connectivity index (χ3v) is 3.76. The normalized spacial score (nSPS) is 11.6. The predicted molar refractivity (Wildman–Crippen MR) is 88.3 cm³/mol. The van der Waals surface area contributed by atoms with Gasteiger partial charge in [0.1, 0.15) is 5.75 Å². The van der Waals surface area contributed by atoms with Gasteiger partial charge in [-0.25, -0.2) is 0 Å². The highest BCUT2D eigenvalue weighted by Crippen LogP contribution is 2.39. The third kappa shape index (κ3) is 3.71. The molecule has 128 valence electrons. The molecule has 24 heavy (non-hydrogen) atoms. The van der Waals surface area contributed by atoms with Crippen LogP contribution in [-0.2, 0) is 11.2 Å². The van der Waals surface area contributed by atoms with E-state index in [9.17, 15) is 15.0 Å². The number of methoxy groups -OCH3 is 3. The molecule has 1 unspecified atom stereocenters. The van der Waals surface area contributed by atoms with Crippen LogP contribution >= 0.6 is 0 Å². The van der Waals surface area contributed by atoms with Gasteiger partial charge in [0.15, 0.2) is 11.5 Å². The van der Waals surface area contributed by atoms with Gasteiger partial charge in [0.2, 0.25) is 5.75 Å². The Morgan fingerprint density at radius 1 is 1.00 bits per heavy atom. The summed E-state index contributed by atoms with van der Waals surface area (Å²) in [6.07, 6.45) is 0.247. The number of phenols is 1. The van der Waals surface area contributed by atoms with Crippen LogP contribution in [0.15, 0.2) is 36.4 Å². The summed E-state index contributed by atoms with van der Waals surface area (Å²) in [6.45, 7) is 0. The Bertz CT molecular complexity index is 683. The maximum absolute atomic E-state index is 11.7. The van der Waals surface area contributed by atoms with E-state index in [0.717, 1.165) is 5.56 Å². The average molecular weight is 332 g/mol. The Morgan fingerprint density at radius 3 is 1.96 bits per heavy atom. The number of aromatic hydroxyl groups is 1. The first-order chi connectivity index (χ1) is 11.5. The molecule has 0 bridgehead atoms. The van der Waals surface area contributed by atoms with E-state index < -0.39 is 11.9 Å². The molecule has 0 heterocycles. The molecular weight excluding hydrogens is 312 g/mol. The van der Waals surface area contributed by atoms with E-state index in [0.29, 0.717) is 22.8 Å². The Kier molecular flexibility index (Phi) is 5.52. The number of hydrogen-bond acceptors (Lipinski definition) is 5. The highest BCUT2D eigenvalue weighted by molar-refractivity contribution is 5.76. The molecule has 0 aliphatic carbocycles. The number of rotatable bonds is 7. The van der Waals surface area contributed by atoms with Crippen LogP contribution in [-0.4, -0.2) is 37.5 Å². The van der Waals surface area contributed by atoms with Crippen molar-refractivity contribution in [2.45, 2.75) is 12.3 Å². The number of phenolic OH excluding ortho intramolecular Hbond substituents is 1. The van der Waals surface area contributed by atoms with E-state index in [2.05, 4.69) is 0 Å². The summed E-state index contributed by atoms with van der Waals surface area (Å²) in [6, 6.07) is 9.62. The standard InChI is InChI=1S/C18H20O6/c1-22-15-9-11(10-16(23-2)17(15)24-3)8-14(18(20)21)12-4-6-13(19)7-5-12/h4-7,9-10,14,19H,8H2,1-3H3,(H,20,21). The molecule has 0 saturated heterocycles. The van der Waals surface area contributed by atoms with Gasteiger partial charge in [0.25, 0.3) is 0 Å². The van der Waals surface area contributed by atoms with Gasteiger partial charge >= 0.3 is 5.97 Å². The van der Waals surface area contributed by atoms with E-state index in [1.807, 2.05) is 0 Å². The first-order valence-electron chi connectivity index (χ1n) is 7.30. The summed E-state index contributed by atoms with van der Waals surface area (Å²) in [4.78, 5) is 11.7. The van der Waals surface area contributed by atoms with E-state index in [-0.39, 0.29) is 12.2 Å². The second-order valence-electron chi connectivity index (χ2n) is 5.22. The molecule has 2 aromatic carbocycles. The van der Waals surface area contributed by atoms with Gasteiger partial charge in [-0.15, -0.1) is 0 Å². The van der Waals surface area contributed by atoms with Crippen molar-refractivity contribution in [3.63, 3.8) is 0 Å². The predicted octanol–water partition coefficient (Wildman–Crippen LogP) is 2.83. The number of ether oxygens (including phenoxy) is 3. The molecule has 6 heteroatoms. The number of hydrogen-bond donors (Lipinski definition) is 2. The van der Waals surface area contributed by atoms with Crippen LogP contribution in [0.4, 0.5) is 0 Å². The van der Waals surface area contributed by atoms with E-state index in [4.69, 9.17) is 14.2 Å². The molecule has 0 aliphatic heterocycles. The Hall–Kier alpha value is -2.89. The topological polar surface area (TPSA) is 85.2 Å². The van der Waals surface area contributed by atoms with Crippen molar-refractivity contribution in [2.75, 3.05) is 21.3 Å². The van der Waals surface area contributed by atoms with Crippen molar-refractivity contribution in [3.05, 3.63) is 47.5 Å². The summed E-state index contributed by atoms with van der Waals surface area (Å²) in [5.41, 5.74) is 1.35. The molecule has 0 radical (unpaired) electrons. The van der Waals surface area contributed by atoms with Crippen molar-refractivity contribution in [1.29, 1.82) is 0 Å². The van der Waals surface area contributed by atoms with Crippen LogP contribution in [0, 0.1) is 0 Å². The smallest absolute Gasteiger partial charge is 0.311 e. The van der Waals surface area contributed by atoms with E-state index in [1.54, 1.807) is 24.3 Å². The highest BCUT2D eigenvalue weighted by Gasteiger charge is 2.22. The first kappa shape index (κ1) is 17.5. The SMILES string of the molecule is COc1cc(CC(C(=O)O)c2ccc(O)cc2)cc(OC)c1OC. The fraction of sp³-hybridized carbons (Fsp3) is 0.278. The zero-order chi connectivity index (χ0) is 17.7. The molecule has 2 N–H and O–H groups in total. The van der Waals surface area contributed by atoms with E-state index >= 15 is 0 Å². The molecule has 0 aliphatic rings. The van der Waals surface area contributed by atoms with Crippen LogP contribution in [0.2, 0.25) is 0 Å². The maximum atomic E-state index is 11.7. The zero-order valence-corrected chi connectivity index (χ0v) is 13.8. The summed E-state index contributed by atoms with van der Waals surface area (Å²) >= 11 is 0. The Balaban J connectivity index is 2.39. The minimum atomic E-state index is -0.950. The molecule has 0 amide bonds. The maximum Gasteiger partial charge on any atom is 0.311 e. The summed E-state index contributed by atoms with van der Waals surface area (Å²) in [5.74, 6) is -0.206. The molecule has 1 atom stereocenters. The third-order valence-electron chi connectivity index (χ3n) is 3.76. The zero-order valence-electron chi connectivity index (χ0n) is 13.8. The number of carboxylic acid groups (broad SMARTS) is 1. The quantitative estimate of drug-likeness (QED) is 0.811. The monoisotopic (exact) mass is 332 g/mol. The lowest BCUT2D eigenvalue weighted by Gasteiger charge is -2.17. The van der Waals surface area contributed by atoms with Gasteiger partial charge in [-0.2, -0.15) is 0 Å². The fourth-order valence-corrected chi connectivity index (χ4v) is 2.54. The lowest BCUT2D eigenvalue weighted by molar-refractivity contribution is -0.138. The minimum Gasteiger partial charge on any atom is -0.508 e. The molecular formula is C18H20O6. The van der Waals surface area contributed by atoms with Gasteiger partial charge in [-0.1, -0.05) is 12.1 Å². The largest absolute Gasteiger partial charge is 0.508 e. The Morgan fingerprint density at radius 2 is 1.54 bits per heavy atom. The first-order valence-corrected chi connectivity index (χ1v) is 7.30. The van der Waals surface area contributed by atoms with Gasteiger partial charge in [0, 0.05) is 0 Å². The number of aliphatic carboxylic acids is 1. The van der Waals surface area contributed by atoms with Crippen LogP contribution in [0.1, 0.15) is 17.0 Å². The molecule has 2 aromatic rings. The van der Waals surface area contributed by atoms with E-state index in [1.165, 1.54) is 33.5 Å². The molecule has 0 saturated carbocycles. The number of benzene rings is 2. The fourth-order valence-electron chi connectivity index (χ4n) is 2.54. The summed E-state index contributed by atoms with van der Waals surface area (Å²) < 4.78 is 15.9. The van der Waals surface area contributed by atoms with Crippen LogP contribution in [0.3, 0.4) is 0 Å².